The third-order valence-corrected chi connectivity index (χ3v) is 4.63. The zero-order valence-electron chi connectivity index (χ0n) is 12.7. The molecule has 0 saturated heterocycles. The summed E-state index contributed by atoms with van der Waals surface area (Å²) >= 11 is 1.79. The van der Waals surface area contributed by atoms with Gasteiger partial charge in [0.25, 0.3) is 0 Å². The van der Waals surface area contributed by atoms with E-state index in [9.17, 15) is 0 Å². The van der Waals surface area contributed by atoms with Crippen LogP contribution in [0.1, 0.15) is 35.0 Å². The van der Waals surface area contributed by atoms with Crippen LogP contribution < -0.4 is 5.32 Å². The number of nitrogens with one attached hydrogen (secondary N) is 1. The first-order valence-corrected chi connectivity index (χ1v) is 7.93. The highest BCUT2D eigenvalue weighted by Crippen LogP contribution is 2.23. The lowest BCUT2D eigenvalue weighted by Gasteiger charge is -2.25. The van der Waals surface area contributed by atoms with E-state index in [2.05, 4.69) is 54.8 Å². The molecule has 0 aliphatic rings. The number of nitriles is 1. The molecule has 0 saturated carbocycles. The molecule has 0 aliphatic heterocycles. The fourth-order valence-corrected chi connectivity index (χ4v) is 3.19. The summed E-state index contributed by atoms with van der Waals surface area (Å²) in [7, 11) is 4.22. The molecule has 110 valence electrons. The van der Waals surface area contributed by atoms with Gasteiger partial charge in [0, 0.05) is 17.5 Å². The predicted molar refractivity (Wildman–Crippen MR) is 88.3 cm³/mol. The summed E-state index contributed by atoms with van der Waals surface area (Å²) < 4.78 is 0. The summed E-state index contributed by atoms with van der Waals surface area (Å²) in [5, 5.41) is 14.5. The van der Waals surface area contributed by atoms with Gasteiger partial charge in [-0.25, -0.2) is 0 Å². The summed E-state index contributed by atoms with van der Waals surface area (Å²) in [6.45, 7) is 3.05. The molecule has 1 heterocycles. The van der Waals surface area contributed by atoms with Crippen molar-refractivity contribution >= 4 is 11.3 Å². The minimum absolute atomic E-state index is 0.264. The Balaban J connectivity index is 1.98. The van der Waals surface area contributed by atoms with Gasteiger partial charge < -0.3 is 10.2 Å². The molecule has 0 amide bonds. The predicted octanol–water partition coefficient (Wildman–Crippen LogP) is 3.57. The quantitative estimate of drug-likeness (QED) is 0.886. The Bertz CT molecular complexity index is 581. The Morgan fingerprint density at radius 1 is 1.24 bits per heavy atom. The Morgan fingerprint density at radius 3 is 2.48 bits per heavy atom. The van der Waals surface area contributed by atoms with Crippen LogP contribution in [-0.4, -0.2) is 25.5 Å². The van der Waals surface area contributed by atoms with Crippen molar-refractivity contribution in [3.63, 3.8) is 0 Å². The number of nitrogens with zero attached hydrogens (tertiary/aromatic N) is 2. The summed E-state index contributed by atoms with van der Waals surface area (Å²) in [5.74, 6) is 0. The van der Waals surface area contributed by atoms with E-state index in [-0.39, 0.29) is 6.04 Å². The first kappa shape index (κ1) is 15.7. The van der Waals surface area contributed by atoms with Gasteiger partial charge in [-0.1, -0.05) is 18.2 Å². The highest BCUT2D eigenvalue weighted by molar-refractivity contribution is 7.10. The Hall–Kier alpha value is -1.67. The van der Waals surface area contributed by atoms with E-state index in [1.807, 2.05) is 24.3 Å². The third kappa shape index (κ3) is 4.15. The van der Waals surface area contributed by atoms with Gasteiger partial charge in [-0.3, -0.25) is 0 Å². The molecule has 0 aliphatic carbocycles. The number of hydrogen-bond acceptors (Lipinski definition) is 4. The van der Waals surface area contributed by atoms with Gasteiger partial charge in [0.1, 0.15) is 0 Å². The van der Waals surface area contributed by atoms with E-state index in [0.29, 0.717) is 11.6 Å². The van der Waals surface area contributed by atoms with Gasteiger partial charge in [0.05, 0.1) is 17.7 Å². The normalized spacial score (nSPS) is 13.9. The Kier molecular flexibility index (Phi) is 5.51. The van der Waals surface area contributed by atoms with Crippen LogP contribution in [0.25, 0.3) is 0 Å². The lowest BCUT2D eigenvalue weighted by atomic mass is 10.1. The average molecular weight is 299 g/mol. The topological polar surface area (TPSA) is 39.1 Å². The van der Waals surface area contributed by atoms with Crippen LogP contribution in [0.5, 0.6) is 0 Å². The number of likely N-dealkylation sites (N-methyl/N-ethyl adjacent to an activating group) is 1. The zero-order valence-corrected chi connectivity index (χ0v) is 13.5. The highest BCUT2D eigenvalue weighted by atomic mass is 32.1. The number of thiophene rings is 1. The van der Waals surface area contributed by atoms with Gasteiger partial charge in [-0.05, 0) is 50.2 Å². The molecule has 1 aromatic heterocycles. The molecule has 2 rings (SSSR count). The van der Waals surface area contributed by atoms with E-state index in [1.165, 1.54) is 10.4 Å². The summed E-state index contributed by atoms with van der Waals surface area (Å²) in [4.78, 5) is 3.61. The van der Waals surface area contributed by atoms with Crippen LogP contribution in [0.3, 0.4) is 0 Å². The lowest BCUT2D eigenvalue weighted by molar-refractivity contribution is 0.285. The Labute approximate surface area is 130 Å². The van der Waals surface area contributed by atoms with Crippen molar-refractivity contribution in [3.05, 3.63) is 57.8 Å². The fourth-order valence-electron chi connectivity index (χ4n) is 2.27. The average Bonchev–Trinajstić information content (AvgIpc) is 3.01. The lowest BCUT2D eigenvalue weighted by Crippen LogP contribution is -2.32. The third-order valence-electron chi connectivity index (χ3n) is 3.65. The Morgan fingerprint density at radius 2 is 1.95 bits per heavy atom. The van der Waals surface area contributed by atoms with E-state index in [1.54, 1.807) is 11.3 Å². The summed E-state index contributed by atoms with van der Waals surface area (Å²) in [6, 6.07) is 14.9. The maximum absolute atomic E-state index is 8.84. The van der Waals surface area contributed by atoms with Crippen molar-refractivity contribution in [2.24, 2.45) is 0 Å². The van der Waals surface area contributed by atoms with Gasteiger partial charge in [-0.2, -0.15) is 5.26 Å². The van der Waals surface area contributed by atoms with Crippen molar-refractivity contribution in [1.29, 1.82) is 5.26 Å². The molecule has 0 spiro atoms. The second kappa shape index (κ2) is 7.37. The summed E-state index contributed by atoms with van der Waals surface area (Å²) in [6.07, 6.45) is 0. The van der Waals surface area contributed by atoms with Gasteiger partial charge >= 0.3 is 0 Å². The van der Waals surface area contributed by atoms with Gasteiger partial charge in [-0.15, -0.1) is 11.3 Å². The van der Waals surface area contributed by atoms with Crippen molar-refractivity contribution < 1.29 is 0 Å². The highest BCUT2D eigenvalue weighted by Gasteiger charge is 2.16. The molecule has 3 nitrogen and oxygen atoms in total. The van der Waals surface area contributed by atoms with Crippen molar-refractivity contribution in [3.8, 4) is 6.07 Å². The molecule has 4 heteroatoms. The number of hydrogen-bond donors (Lipinski definition) is 1. The number of rotatable bonds is 6. The molecule has 21 heavy (non-hydrogen) atoms. The minimum Gasteiger partial charge on any atom is -0.308 e. The molecule has 2 atom stereocenters. The van der Waals surface area contributed by atoms with Crippen molar-refractivity contribution in [2.75, 3.05) is 20.6 Å². The van der Waals surface area contributed by atoms with Gasteiger partial charge in [0.15, 0.2) is 0 Å². The van der Waals surface area contributed by atoms with E-state index in [4.69, 9.17) is 5.26 Å². The van der Waals surface area contributed by atoms with Crippen LogP contribution in [0.4, 0.5) is 0 Å². The standard InChI is InChI=1S/C17H21N3S/c1-13(15-8-6-14(11-18)7-9-15)19-12-16(20(2)3)17-5-4-10-21-17/h4-10,13,16,19H,12H2,1-3H3. The van der Waals surface area contributed by atoms with Crippen LogP contribution in [-0.2, 0) is 0 Å². The molecular formula is C17H21N3S. The molecule has 0 radical (unpaired) electrons. The van der Waals surface area contributed by atoms with E-state index >= 15 is 0 Å². The monoisotopic (exact) mass is 299 g/mol. The zero-order chi connectivity index (χ0) is 15.2. The molecule has 1 aromatic carbocycles. The van der Waals surface area contributed by atoms with Crippen LogP contribution in [0.2, 0.25) is 0 Å². The fraction of sp³-hybridized carbons (Fsp3) is 0.353. The minimum atomic E-state index is 0.264. The van der Waals surface area contributed by atoms with E-state index < -0.39 is 0 Å². The van der Waals surface area contributed by atoms with Crippen LogP contribution >= 0.6 is 11.3 Å². The first-order valence-electron chi connectivity index (χ1n) is 7.05. The van der Waals surface area contributed by atoms with Crippen LogP contribution in [0.15, 0.2) is 41.8 Å². The molecule has 0 fully saturated rings. The largest absolute Gasteiger partial charge is 0.308 e. The molecule has 2 aromatic rings. The second-order valence-electron chi connectivity index (χ2n) is 5.36. The molecule has 2 unspecified atom stereocenters. The molecule has 1 N–H and O–H groups in total. The summed E-state index contributed by atoms with van der Waals surface area (Å²) in [5.41, 5.74) is 1.91. The first-order chi connectivity index (χ1) is 10.1. The smallest absolute Gasteiger partial charge is 0.0991 e. The number of benzene rings is 1. The maximum atomic E-state index is 8.84. The SMILES string of the molecule is CC(NCC(c1cccs1)N(C)C)c1ccc(C#N)cc1. The van der Waals surface area contributed by atoms with Gasteiger partial charge in [0.2, 0.25) is 0 Å². The molecular weight excluding hydrogens is 278 g/mol. The van der Waals surface area contributed by atoms with Crippen LogP contribution in [0, 0.1) is 11.3 Å². The van der Waals surface area contributed by atoms with E-state index in [0.717, 1.165) is 6.54 Å². The van der Waals surface area contributed by atoms with Crippen molar-refractivity contribution in [2.45, 2.75) is 19.0 Å². The second-order valence-corrected chi connectivity index (χ2v) is 6.34. The molecule has 0 bridgehead atoms. The maximum Gasteiger partial charge on any atom is 0.0991 e. The van der Waals surface area contributed by atoms with Crippen molar-refractivity contribution in [1.82, 2.24) is 10.2 Å².